The van der Waals surface area contributed by atoms with Crippen LogP contribution in [0.5, 0.6) is 5.75 Å². The average Bonchev–Trinajstić information content (AvgIpc) is 2.74. The smallest absolute Gasteiger partial charge is 0.319 e. The molecular formula is C24H26FN3O2. The summed E-state index contributed by atoms with van der Waals surface area (Å²) in [5.74, 6) is 0.283. The number of nitrogens with one attached hydrogen (secondary N) is 2. The number of pyridine rings is 1. The van der Waals surface area contributed by atoms with Crippen LogP contribution in [-0.2, 0) is 0 Å². The summed E-state index contributed by atoms with van der Waals surface area (Å²) >= 11 is 0. The summed E-state index contributed by atoms with van der Waals surface area (Å²) in [6.07, 6.45) is 3.92. The molecule has 0 unspecified atom stereocenters. The van der Waals surface area contributed by atoms with E-state index in [0.29, 0.717) is 23.4 Å². The Morgan fingerprint density at radius 2 is 2.00 bits per heavy atom. The van der Waals surface area contributed by atoms with Gasteiger partial charge in [-0.3, -0.25) is 4.98 Å². The van der Waals surface area contributed by atoms with Crippen molar-refractivity contribution in [2.24, 2.45) is 0 Å². The second-order valence-corrected chi connectivity index (χ2v) is 7.83. The van der Waals surface area contributed by atoms with Crippen LogP contribution >= 0.6 is 0 Å². The van der Waals surface area contributed by atoms with Gasteiger partial charge in [0.2, 0.25) is 0 Å². The van der Waals surface area contributed by atoms with Crippen LogP contribution < -0.4 is 15.4 Å². The van der Waals surface area contributed by atoms with E-state index in [2.05, 4.69) is 29.5 Å². The molecule has 0 radical (unpaired) electrons. The highest BCUT2D eigenvalue weighted by Gasteiger charge is 2.39. The minimum atomic E-state index is -0.384. The van der Waals surface area contributed by atoms with Gasteiger partial charge in [0.15, 0.2) is 0 Å². The van der Waals surface area contributed by atoms with Crippen molar-refractivity contribution in [2.75, 3.05) is 5.32 Å². The molecule has 0 saturated heterocycles. The number of nitrogens with zero attached hydrogens (tertiary/aromatic N) is 1. The van der Waals surface area contributed by atoms with Crippen LogP contribution in [0.4, 0.5) is 14.9 Å². The largest absolute Gasteiger partial charge is 0.487 e. The minimum absolute atomic E-state index is 0.333. The number of ether oxygens (including phenoxy) is 1. The summed E-state index contributed by atoms with van der Waals surface area (Å²) in [4.78, 5) is 17.2. The lowest BCUT2D eigenvalue weighted by Gasteiger charge is -2.41. The molecule has 3 aromatic rings. The zero-order chi connectivity index (χ0) is 21.3. The van der Waals surface area contributed by atoms with Gasteiger partial charge in [-0.2, -0.15) is 0 Å². The number of aromatic nitrogens is 1. The zero-order valence-electron chi connectivity index (χ0n) is 17.5. The summed E-state index contributed by atoms with van der Waals surface area (Å²) in [5, 5.41) is 7.91. The number of carbonyl (C=O) groups is 1. The maximum Gasteiger partial charge on any atom is 0.319 e. The second kappa shape index (κ2) is 7.94. The van der Waals surface area contributed by atoms with Gasteiger partial charge in [-0.05, 0) is 50.1 Å². The van der Waals surface area contributed by atoms with Crippen LogP contribution in [0.3, 0.4) is 0 Å². The molecule has 2 heterocycles. The Balaban J connectivity index is 1.61. The van der Waals surface area contributed by atoms with E-state index in [9.17, 15) is 9.18 Å². The Bertz CT molecular complexity index is 1100. The van der Waals surface area contributed by atoms with Crippen molar-refractivity contribution in [1.29, 1.82) is 0 Å². The lowest BCUT2D eigenvalue weighted by Crippen LogP contribution is -2.45. The molecule has 0 saturated carbocycles. The van der Waals surface area contributed by atoms with E-state index in [-0.39, 0.29) is 23.5 Å². The highest BCUT2D eigenvalue weighted by Crippen LogP contribution is 2.43. The van der Waals surface area contributed by atoms with E-state index in [1.54, 1.807) is 12.3 Å². The molecule has 0 spiro atoms. The van der Waals surface area contributed by atoms with Crippen molar-refractivity contribution >= 4 is 22.5 Å². The number of anilines is 1. The molecule has 0 aliphatic carbocycles. The Morgan fingerprint density at radius 3 is 2.77 bits per heavy atom. The van der Waals surface area contributed by atoms with E-state index in [1.807, 2.05) is 31.2 Å². The first-order valence-corrected chi connectivity index (χ1v) is 10.3. The predicted octanol–water partition coefficient (Wildman–Crippen LogP) is 5.89. The maximum absolute atomic E-state index is 13.9. The van der Waals surface area contributed by atoms with E-state index in [0.717, 1.165) is 29.3 Å². The number of amides is 2. The Morgan fingerprint density at radius 1 is 1.20 bits per heavy atom. The summed E-state index contributed by atoms with van der Waals surface area (Å²) < 4.78 is 20.2. The quantitative estimate of drug-likeness (QED) is 0.567. The molecule has 0 bridgehead atoms. The maximum atomic E-state index is 13.9. The van der Waals surface area contributed by atoms with Crippen molar-refractivity contribution in [2.45, 2.75) is 51.7 Å². The van der Waals surface area contributed by atoms with Gasteiger partial charge in [0.1, 0.15) is 17.2 Å². The van der Waals surface area contributed by atoms with Gasteiger partial charge in [0.05, 0.1) is 11.7 Å². The molecule has 2 amide bonds. The number of benzene rings is 2. The van der Waals surface area contributed by atoms with E-state index < -0.39 is 0 Å². The fraction of sp³-hybridized carbons (Fsp3) is 0.333. The normalized spacial score (nSPS) is 17.1. The number of hydrogen-bond donors (Lipinski definition) is 2. The highest BCUT2D eigenvalue weighted by molar-refractivity contribution is 6.02. The van der Waals surface area contributed by atoms with Crippen molar-refractivity contribution < 1.29 is 13.9 Å². The standard InChI is InChI=1S/C24H26FN3O2/c1-4-24(5-2)14-21(19-13-16(25)9-10-22(19)30-24)28-23(29)27-20-8-6-7-17-15(3)26-12-11-18(17)20/h6-13,21H,4-5,14H2,1-3H3,(H2,27,28,29)/t21-/m1/s1. The summed E-state index contributed by atoms with van der Waals surface area (Å²) in [6.45, 7) is 6.08. The second-order valence-electron chi connectivity index (χ2n) is 7.83. The molecule has 156 valence electrons. The SMILES string of the molecule is CCC1(CC)C[C@@H](NC(=O)Nc2cccc3c(C)nccc23)c2cc(F)ccc2O1. The molecule has 4 rings (SSSR count). The van der Waals surface area contributed by atoms with Crippen molar-refractivity contribution in [3.8, 4) is 5.75 Å². The molecule has 1 aromatic heterocycles. The number of aryl methyl sites for hydroxylation is 1. The number of fused-ring (bicyclic) bond motifs is 2. The van der Waals surface area contributed by atoms with Crippen LogP contribution in [0, 0.1) is 12.7 Å². The zero-order valence-corrected chi connectivity index (χ0v) is 17.5. The molecule has 1 aliphatic heterocycles. The Labute approximate surface area is 175 Å². The van der Waals surface area contributed by atoms with E-state index in [4.69, 9.17) is 4.74 Å². The van der Waals surface area contributed by atoms with Gasteiger partial charge in [-0.15, -0.1) is 0 Å². The molecule has 5 nitrogen and oxygen atoms in total. The first-order valence-electron chi connectivity index (χ1n) is 10.3. The lowest BCUT2D eigenvalue weighted by atomic mass is 9.83. The fourth-order valence-electron chi connectivity index (χ4n) is 4.23. The molecule has 6 heteroatoms. The summed E-state index contributed by atoms with van der Waals surface area (Å²) in [7, 11) is 0. The van der Waals surface area contributed by atoms with Gasteiger partial charge in [-0.1, -0.05) is 26.0 Å². The van der Waals surface area contributed by atoms with Crippen molar-refractivity contribution in [3.63, 3.8) is 0 Å². The van der Waals surface area contributed by atoms with Crippen molar-refractivity contribution in [3.05, 3.63) is 65.7 Å². The summed E-state index contributed by atoms with van der Waals surface area (Å²) in [6, 6.07) is 11.4. The number of hydrogen-bond acceptors (Lipinski definition) is 3. The monoisotopic (exact) mass is 407 g/mol. The first kappa shape index (κ1) is 20.1. The number of rotatable bonds is 4. The Kier molecular flexibility index (Phi) is 5.33. The van der Waals surface area contributed by atoms with Crippen molar-refractivity contribution in [1.82, 2.24) is 10.3 Å². The van der Waals surface area contributed by atoms with Crippen LogP contribution in [0.15, 0.2) is 48.7 Å². The van der Waals surface area contributed by atoms with E-state index in [1.165, 1.54) is 12.1 Å². The average molecular weight is 407 g/mol. The minimum Gasteiger partial charge on any atom is -0.487 e. The van der Waals surface area contributed by atoms with Crippen LogP contribution in [0.25, 0.3) is 10.8 Å². The predicted molar refractivity (Wildman–Crippen MR) is 116 cm³/mol. The van der Waals surface area contributed by atoms with Crippen LogP contribution in [0.2, 0.25) is 0 Å². The molecular weight excluding hydrogens is 381 g/mol. The van der Waals surface area contributed by atoms with Gasteiger partial charge >= 0.3 is 6.03 Å². The number of carbonyl (C=O) groups excluding carboxylic acids is 1. The molecule has 2 aromatic carbocycles. The van der Waals surface area contributed by atoms with Gasteiger partial charge in [0.25, 0.3) is 0 Å². The van der Waals surface area contributed by atoms with Gasteiger partial charge in [0, 0.05) is 34.6 Å². The van der Waals surface area contributed by atoms with Crippen LogP contribution in [0.1, 0.15) is 50.4 Å². The molecule has 1 atom stereocenters. The van der Waals surface area contributed by atoms with E-state index >= 15 is 0 Å². The fourth-order valence-corrected chi connectivity index (χ4v) is 4.23. The topological polar surface area (TPSA) is 63.2 Å². The highest BCUT2D eigenvalue weighted by atomic mass is 19.1. The third kappa shape index (κ3) is 3.70. The Hall–Kier alpha value is -3.15. The first-order chi connectivity index (χ1) is 14.4. The third-order valence-corrected chi connectivity index (χ3v) is 6.10. The molecule has 2 N–H and O–H groups in total. The van der Waals surface area contributed by atoms with Crippen LogP contribution in [-0.4, -0.2) is 16.6 Å². The molecule has 30 heavy (non-hydrogen) atoms. The number of urea groups is 1. The third-order valence-electron chi connectivity index (χ3n) is 6.10. The molecule has 1 aliphatic rings. The van der Waals surface area contributed by atoms with Gasteiger partial charge < -0.3 is 15.4 Å². The molecule has 0 fully saturated rings. The summed E-state index contributed by atoms with van der Waals surface area (Å²) in [5.41, 5.74) is 1.89. The lowest BCUT2D eigenvalue weighted by molar-refractivity contribution is 0.0245. The number of halogens is 1. The van der Waals surface area contributed by atoms with Gasteiger partial charge in [-0.25, -0.2) is 9.18 Å².